The highest BCUT2D eigenvalue weighted by molar-refractivity contribution is 7.98. The summed E-state index contributed by atoms with van der Waals surface area (Å²) in [5.74, 6) is 2.61. The number of alkyl halides is 1. The third-order valence-electron chi connectivity index (χ3n) is 3.04. The molecule has 0 bridgehead atoms. The number of benzene rings is 1. The fraction of sp³-hybridized carbons (Fsp3) is 0.500. The van der Waals surface area contributed by atoms with Gasteiger partial charge in [0, 0.05) is 11.6 Å². The van der Waals surface area contributed by atoms with Crippen molar-refractivity contribution in [2.24, 2.45) is 5.92 Å². The maximum Gasteiger partial charge on any atom is 0.127 e. The minimum atomic E-state index is -0.104. The molecular weight excluding hydrogens is 299 g/mol. The van der Waals surface area contributed by atoms with Crippen LogP contribution in [0, 0.1) is 5.92 Å². The number of nitrogens with zero attached hydrogens (tertiary/aromatic N) is 2. The molecule has 0 saturated carbocycles. The Balaban J connectivity index is 2.47. The van der Waals surface area contributed by atoms with Crippen LogP contribution in [-0.4, -0.2) is 21.6 Å². The van der Waals surface area contributed by atoms with Crippen LogP contribution in [0.2, 0.25) is 5.02 Å². The van der Waals surface area contributed by atoms with Gasteiger partial charge in [-0.1, -0.05) is 18.5 Å². The van der Waals surface area contributed by atoms with Crippen molar-refractivity contribution < 1.29 is 0 Å². The summed E-state index contributed by atoms with van der Waals surface area (Å²) >= 11 is 14.2. The van der Waals surface area contributed by atoms with E-state index < -0.39 is 0 Å². The number of imidazole rings is 1. The molecule has 2 unspecified atom stereocenters. The molecule has 2 nitrogen and oxygen atoms in total. The summed E-state index contributed by atoms with van der Waals surface area (Å²) in [5.41, 5.74) is 2.03. The predicted octanol–water partition coefficient (Wildman–Crippen LogP) is 4.99. The van der Waals surface area contributed by atoms with E-state index in [1.807, 2.05) is 36.9 Å². The number of halogens is 2. The van der Waals surface area contributed by atoms with Gasteiger partial charge in [0.05, 0.1) is 16.4 Å². The second-order valence-corrected chi connectivity index (χ2v) is 6.89. The van der Waals surface area contributed by atoms with Gasteiger partial charge in [-0.15, -0.1) is 11.6 Å². The van der Waals surface area contributed by atoms with Gasteiger partial charge in [-0.25, -0.2) is 4.98 Å². The van der Waals surface area contributed by atoms with Gasteiger partial charge >= 0.3 is 0 Å². The molecule has 0 fully saturated rings. The standard InChI is InChI=1S/C14H18Cl2N2S/c1-9(8-19-3)7-18-13-6-11(16)4-5-12(13)17-14(18)10(2)15/h4-6,9-10H,7-8H2,1-3H3. The molecule has 0 spiro atoms. The Labute approximate surface area is 128 Å². The van der Waals surface area contributed by atoms with Gasteiger partial charge in [0.2, 0.25) is 0 Å². The first-order valence-corrected chi connectivity index (χ1v) is 8.52. The monoisotopic (exact) mass is 316 g/mol. The quantitative estimate of drug-likeness (QED) is 0.723. The largest absolute Gasteiger partial charge is 0.326 e. The van der Waals surface area contributed by atoms with E-state index in [-0.39, 0.29) is 5.38 Å². The normalized spacial score (nSPS) is 14.8. The number of rotatable bonds is 5. The van der Waals surface area contributed by atoms with Crippen LogP contribution >= 0.6 is 35.0 Å². The van der Waals surface area contributed by atoms with Gasteiger partial charge in [-0.3, -0.25) is 0 Å². The number of thioether (sulfide) groups is 1. The van der Waals surface area contributed by atoms with Crippen LogP contribution in [0.3, 0.4) is 0 Å². The summed E-state index contributed by atoms with van der Waals surface area (Å²) in [5, 5.41) is 0.632. The SMILES string of the molecule is CSCC(C)Cn1c(C(C)Cl)nc2ccc(Cl)cc21. The number of hydrogen-bond acceptors (Lipinski definition) is 2. The molecule has 1 aromatic carbocycles. The molecule has 2 rings (SSSR count). The maximum atomic E-state index is 6.26. The zero-order chi connectivity index (χ0) is 14.0. The molecule has 2 atom stereocenters. The molecule has 0 saturated heterocycles. The molecule has 0 radical (unpaired) electrons. The van der Waals surface area contributed by atoms with Crippen LogP contribution in [-0.2, 0) is 6.54 Å². The topological polar surface area (TPSA) is 17.8 Å². The third kappa shape index (κ3) is 3.39. The van der Waals surface area contributed by atoms with Gasteiger partial charge in [-0.05, 0) is 43.0 Å². The van der Waals surface area contributed by atoms with E-state index in [2.05, 4.69) is 22.7 Å². The van der Waals surface area contributed by atoms with Crippen LogP contribution in [0.5, 0.6) is 0 Å². The minimum Gasteiger partial charge on any atom is -0.326 e. The first kappa shape index (κ1) is 15.0. The maximum absolute atomic E-state index is 6.26. The lowest BCUT2D eigenvalue weighted by Gasteiger charge is -2.15. The number of aromatic nitrogens is 2. The molecule has 2 aromatic rings. The molecule has 0 aliphatic carbocycles. The first-order chi connectivity index (χ1) is 9.02. The molecule has 19 heavy (non-hydrogen) atoms. The second kappa shape index (κ2) is 6.38. The smallest absolute Gasteiger partial charge is 0.127 e. The van der Waals surface area contributed by atoms with Gasteiger partial charge < -0.3 is 4.57 Å². The number of fused-ring (bicyclic) bond motifs is 1. The Morgan fingerprint density at radius 1 is 1.37 bits per heavy atom. The molecular formula is C14H18Cl2N2S. The van der Waals surface area contributed by atoms with Gasteiger partial charge in [0.25, 0.3) is 0 Å². The molecule has 1 heterocycles. The van der Waals surface area contributed by atoms with Crippen LogP contribution in [0.1, 0.15) is 25.0 Å². The van der Waals surface area contributed by atoms with Crippen LogP contribution in [0.15, 0.2) is 18.2 Å². The minimum absolute atomic E-state index is 0.104. The summed E-state index contributed by atoms with van der Waals surface area (Å²) in [4.78, 5) is 4.63. The average molecular weight is 317 g/mol. The Morgan fingerprint density at radius 2 is 2.11 bits per heavy atom. The summed E-state index contributed by atoms with van der Waals surface area (Å²) in [6.45, 7) is 5.12. The zero-order valence-electron chi connectivity index (χ0n) is 11.4. The molecule has 0 aliphatic rings. The number of hydrogen-bond donors (Lipinski definition) is 0. The van der Waals surface area contributed by atoms with E-state index in [1.54, 1.807) is 0 Å². The van der Waals surface area contributed by atoms with Crippen molar-refractivity contribution in [3.05, 3.63) is 29.0 Å². The van der Waals surface area contributed by atoms with Crippen molar-refractivity contribution in [1.29, 1.82) is 0 Å². The highest BCUT2D eigenvalue weighted by Crippen LogP contribution is 2.27. The van der Waals surface area contributed by atoms with E-state index in [9.17, 15) is 0 Å². The highest BCUT2D eigenvalue weighted by atomic mass is 35.5. The lowest BCUT2D eigenvalue weighted by molar-refractivity contribution is 0.524. The van der Waals surface area contributed by atoms with E-state index >= 15 is 0 Å². The molecule has 0 amide bonds. The van der Waals surface area contributed by atoms with Gasteiger partial charge in [0.1, 0.15) is 5.82 Å². The average Bonchev–Trinajstić information content (AvgIpc) is 2.68. The Kier molecular flexibility index (Phi) is 5.04. The zero-order valence-corrected chi connectivity index (χ0v) is 13.7. The van der Waals surface area contributed by atoms with Crippen molar-refractivity contribution in [3.63, 3.8) is 0 Å². The van der Waals surface area contributed by atoms with Crippen molar-refractivity contribution in [3.8, 4) is 0 Å². The lowest BCUT2D eigenvalue weighted by atomic mass is 10.2. The fourth-order valence-electron chi connectivity index (χ4n) is 2.26. The first-order valence-electron chi connectivity index (χ1n) is 6.31. The fourth-order valence-corrected chi connectivity index (χ4v) is 3.27. The van der Waals surface area contributed by atoms with E-state index in [0.29, 0.717) is 5.92 Å². The molecule has 1 aromatic heterocycles. The van der Waals surface area contributed by atoms with Gasteiger partial charge in [-0.2, -0.15) is 11.8 Å². The molecule has 0 N–H and O–H groups in total. The van der Waals surface area contributed by atoms with E-state index in [4.69, 9.17) is 23.2 Å². The van der Waals surface area contributed by atoms with Crippen molar-refractivity contribution in [2.75, 3.05) is 12.0 Å². The van der Waals surface area contributed by atoms with E-state index in [1.165, 1.54) is 0 Å². The molecule has 0 aliphatic heterocycles. The Bertz CT molecular complexity index is 566. The van der Waals surface area contributed by atoms with Crippen molar-refractivity contribution in [1.82, 2.24) is 9.55 Å². The Hall–Kier alpha value is -0.380. The lowest BCUT2D eigenvalue weighted by Crippen LogP contribution is -2.13. The van der Waals surface area contributed by atoms with Crippen molar-refractivity contribution in [2.45, 2.75) is 25.8 Å². The highest BCUT2D eigenvalue weighted by Gasteiger charge is 2.16. The molecule has 104 valence electrons. The molecule has 5 heteroatoms. The van der Waals surface area contributed by atoms with E-state index in [0.717, 1.165) is 34.2 Å². The Morgan fingerprint density at radius 3 is 2.74 bits per heavy atom. The summed E-state index contributed by atoms with van der Waals surface area (Å²) in [6.07, 6.45) is 2.13. The van der Waals surface area contributed by atoms with Gasteiger partial charge in [0.15, 0.2) is 0 Å². The van der Waals surface area contributed by atoms with Crippen LogP contribution in [0.25, 0.3) is 11.0 Å². The third-order valence-corrected chi connectivity index (χ3v) is 4.37. The van der Waals surface area contributed by atoms with Crippen molar-refractivity contribution >= 4 is 46.0 Å². The summed E-state index contributed by atoms with van der Waals surface area (Å²) in [7, 11) is 0. The predicted molar refractivity (Wildman–Crippen MR) is 86.6 cm³/mol. The second-order valence-electron chi connectivity index (χ2n) is 4.89. The summed E-state index contributed by atoms with van der Waals surface area (Å²) in [6, 6.07) is 5.80. The summed E-state index contributed by atoms with van der Waals surface area (Å²) < 4.78 is 2.21. The van der Waals surface area contributed by atoms with Crippen LogP contribution in [0.4, 0.5) is 0 Å². The van der Waals surface area contributed by atoms with Crippen LogP contribution < -0.4 is 0 Å².